The molecule has 0 unspecified atom stereocenters. The molecule has 4 aromatic rings. The maximum absolute atomic E-state index is 12.6. The van der Waals surface area contributed by atoms with Crippen molar-refractivity contribution in [3.05, 3.63) is 68.1 Å². The van der Waals surface area contributed by atoms with Crippen LogP contribution in [0.5, 0.6) is 0 Å². The number of aryl methyl sites for hydroxylation is 2. The number of para-hydroxylation sites is 1. The molecule has 1 N–H and O–H groups in total. The molecule has 8 nitrogen and oxygen atoms in total. The topological polar surface area (TPSA) is 101 Å². The first kappa shape index (κ1) is 19.0. The lowest BCUT2D eigenvalue weighted by Crippen LogP contribution is -2.30. The third-order valence-electron chi connectivity index (χ3n) is 4.80. The lowest BCUT2D eigenvalue weighted by atomic mass is 10.1. The molecule has 9 heteroatoms. The SMILES string of the molecule is Cc1cccc2c(=O)n(CCC(=O)N(C)Cc3nc4ccsc4c(=O)[nH]3)cnc12. The Morgan fingerprint density at radius 1 is 1.28 bits per heavy atom. The highest BCUT2D eigenvalue weighted by Gasteiger charge is 2.13. The maximum atomic E-state index is 12.6. The van der Waals surface area contributed by atoms with E-state index in [9.17, 15) is 14.4 Å². The van der Waals surface area contributed by atoms with Gasteiger partial charge in [-0.25, -0.2) is 9.97 Å². The number of carbonyl (C=O) groups is 1. The van der Waals surface area contributed by atoms with Crippen molar-refractivity contribution < 1.29 is 4.79 Å². The monoisotopic (exact) mass is 409 g/mol. The molecule has 0 radical (unpaired) electrons. The molecule has 3 heterocycles. The summed E-state index contributed by atoms with van der Waals surface area (Å²) in [4.78, 5) is 50.2. The van der Waals surface area contributed by atoms with Crippen LogP contribution in [0.25, 0.3) is 21.1 Å². The Hall–Kier alpha value is -3.33. The van der Waals surface area contributed by atoms with Gasteiger partial charge in [0.2, 0.25) is 5.91 Å². The summed E-state index contributed by atoms with van der Waals surface area (Å²) in [7, 11) is 1.64. The molecule has 148 valence electrons. The number of rotatable bonds is 5. The number of nitrogens with zero attached hydrogens (tertiary/aromatic N) is 4. The number of aromatic nitrogens is 4. The molecule has 0 saturated heterocycles. The molecule has 1 amide bonds. The smallest absolute Gasteiger partial charge is 0.268 e. The Kier molecular flexibility index (Phi) is 4.98. The van der Waals surface area contributed by atoms with E-state index in [1.807, 2.05) is 24.4 Å². The van der Waals surface area contributed by atoms with Crippen LogP contribution in [0.1, 0.15) is 17.8 Å². The predicted octanol–water partition coefficient (Wildman–Crippen LogP) is 2.05. The summed E-state index contributed by atoms with van der Waals surface area (Å²) in [6.07, 6.45) is 1.62. The van der Waals surface area contributed by atoms with Gasteiger partial charge in [0.05, 0.1) is 29.3 Å². The van der Waals surface area contributed by atoms with Crippen LogP contribution in [0.4, 0.5) is 0 Å². The lowest BCUT2D eigenvalue weighted by molar-refractivity contribution is -0.130. The first-order chi connectivity index (χ1) is 13.9. The van der Waals surface area contributed by atoms with Crippen LogP contribution in [0.3, 0.4) is 0 Å². The zero-order valence-corrected chi connectivity index (χ0v) is 16.8. The Balaban J connectivity index is 1.46. The fourth-order valence-electron chi connectivity index (χ4n) is 3.21. The number of thiophene rings is 1. The third-order valence-corrected chi connectivity index (χ3v) is 5.70. The molecule has 0 spiro atoms. The highest BCUT2D eigenvalue weighted by atomic mass is 32.1. The Labute approximate surface area is 169 Å². The first-order valence-corrected chi connectivity index (χ1v) is 9.97. The van der Waals surface area contributed by atoms with Gasteiger partial charge in [-0.2, -0.15) is 0 Å². The van der Waals surface area contributed by atoms with Crippen molar-refractivity contribution in [2.75, 3.05) is 7.05 Å². The minimum Gasteiger partial charge on any atom is -0.338 e. The first-order valence-electron chi connectivity index (χ1n) is 9.09. The van der Waals surface area contributed by atoms with Crippen LogP contribution in [0.2, 0.25) is 0 Å². The second-order valence-electron chi connectivity index (χ2n) is 6.86. The van der Waals surface area contributed by atoms with Crippen LogP contribution in [-0.4, -0.2) is 37.4 Å². The number of hydrogen-bond donors (Lipinski definition) is 1. The number of nitrogens with one attached hydrogen (secondary N) is 1. The summed E-state index contributed by atoms with van der Waals surface area (Å²) in [6.45, 7) is 2.32. The van der Waals surface area contributed by atoms with Crippen LogP contribution >= 0.6 is 11.3 Å². The van der Waals surface area contributed by atoms with E-state index in [1.165, 1.54) is 27.1 Å². The van der Waals surface area contributed by atoms with Crippen molar-refractivity contribution in [3.8, 4) is 0 Å². The molecule has 0 aliphatic carbocycles. The standard InChI is InChI=1S/C20H19N5O3S/c1-12-4-3-5-13-17(12)21-11-25(20(13)28)8-6-16(26)24(2)10-15-22-14-7-9-29-18(14)19(27)23-15/h3-5,7,9,11H,6,8,10H2,1-2H3,(H,22,23,27). The van der Waals surface area contributed by atoms with Gasteiger partial charge in [0, 0.05) is 20.0 Å². The molecule has 0 aliphatic heterocycles. The fraction of sp³-hybridized carbons (Fsp3) is 0.250. The number of aromatic amines is 1. The number of carbonyl (C=O) groups excluding carboxylic acids is 1. The largest absolute Gasteiger partial charge is 0.338 e. The lowest BCUT2D eigenvalue weighted by Gasteiger charge is -2.17. The van der Waals surface area contributed by atoms with Crippen molar-refractivity contribution in [1.82, 2.24) is 24.4 Å². The molecule has 3 aromatic heterocycles. The van der Waals surface area contributed by atoms with Crippen LogP contribution in [-0.2, 0) is 17.9 Å². The Morgan fingerprint density at radius 2 is 2.10 bits per heavy atom. The van der Waals surface area contributed by atoms with Gasteiger partial charge >= 0.3 is 0 Å². The van der Waals surface area contributed by atoms with Crippen molar-refractivity contribution in [2.24, 2.45) is 0 Å². The fourth-order valence-corrected chi connectivity index (χ4v) is 3.94. The minimum atomic E-state index is -0.204. The van der Waals surface area contributed by atoms with E-state index in [4.69, 9.17) is 0 Å². The van der Waals surface area contributed by atoms with E-state index in [2.05, 4.69) is 15.0 Å². The van der Waals surface area contributed by atoms with Crippen LogP contribution in [0.15, 0.2) is 45.6 Å². The quantitative estimate of drug-likeness (QED) is 0.544. The minimum absolute atomic E-state index is 0.139. The highest BCUT2D eigenvalue weighted by Crippen LogP contribution is 2.14. The summed E-state index contributed by atoms with van der Waals surface area (Å²) >= 11 is 1.33. The van der Waals surface area contributed by atoms with Crippen molar-refractivity contribution in [2.45, 2.75) is 26.4 Å². The molecule has 0 bridgehead atoms. The average Bonchev–Trinajstić information content (AvgIpc) is 3.17. The summed E-state index contributed by atoms with van der Waals surface area (Å²) in [6, 6.07) is 7.25. The zero-order valence-electron chi connectivity index (χ0n) is 16.0. The summed E-state index contributed by atoms with van der Waals surface area (Å²) in [5, 5.41) is 2.35. The zero-order chi connectivity index (χ0) is 20.5. The summed E-state index contributed by atoms with van der Waals surface area (Å²) in [5.41, 5.74) is 1.87. The van der Waals surface area contributed by atoms with Gasteiger partial charge in [0.25, 0.3) is 11.1 Å². The number of hydrogen-bond acceptors (Lipinski definition) is 6. The third kappa shape index (κ3) is 3.68. The normalized spacial score (nSPS) is 11.2. The molecule has 0 saturated carbocycles. The second kappa shape index (κ2) is 7.59. The summed E-state index contributed by atoms with van der Waals surface area (Å²) < 4.78 is 2.02. The molecular formula is C20H19N5O3S. The van der Waals surface area contributed by atoms with Crippen LogP contribution < -0.4 is 11.1 Å². The molecule has 29 heavy (non-hydrogen) atoms. The van der Waals surface area contributed by atoms with Crippen molar-refractivity contribution >= 4 is 38.4 Å². The van der Waals surface area contributed by atoms with Gasteiger partial charge in [-0.1, -0.05) is 12.1 Å². The second-order valence-corrected chi connectivity index (χ2v) is 7.78. The molecule has 0 fully saturated rings. The molecule has 1 aromatic carbocycles. The Bertz CT molecular complexity index is 1340. The van der Waals surface area contributed by atoms with Gasteiger partial charge in [0.1, 0.15) is 10.5 Å². The Morgan fingerprint density at radius 3 is 2.93 bits per heavy atom. The van der Waals surface area contributed by atoms with Crippen LogP contribution in [0, 0.1) is 6.92 Å². The molecule has 4 rings (SSSR count). The van der Waals surface area contributed by atoms with E-state index >= 15 is 0 Å². The van der Waals surface area contributed by atoms with Gasteiger partial charge in [-0.15, -0.1) is 11.3 Å². The van der Waals surface area contributed by atoms with Gasteiger partial charge in [-0.05, 0) is 30.0 Å². The van der Waals surface area contributed by atoms with Gasteiger partial charge in [-0.3, -0.25) is 19.0 Å². The predicted molar refractivity (Wildman–Crippen MR) is 112 cm³/mol. The van der Waals surface area contributed by atoms with E-state index in [0.29, 0.717) is 26.9 Å². The molecule has 0 aliphatic rings. The molecule has 0 atom stereocenters. The maximum Gasteiger partial charge on any atom is 0.268 e. The van der Waals surface area contributed by atoms with E-state index in [-0.39, 0.29) is 36.5 Å². The van der Waals surface area contributed by atoms with E-state index < -0.39 is 0 Å². The van der Waals surface area contributed by atoms with E-state index in [0.717, 1.165) is 5.56 Å². The number of benzene rings is 1. The average molecular weight is 409 g/mol. The van der Waals surface area contributed by atoms with Gasteiger partial charge < -0.3 is 9.88 Å². The number of fused-ring (bicyclic) bond motifs is 2. The number of amides is 1. The van der Waals surface area contributed by atoms with E-state index in [1.54, 1.807) is 19.2 Å². The number of H-pyrrole nitrogens is 1. The highest BCUT2D eigenvalue weighted by molar-refractivity contribution is 7.17. The van der Waals surface area contributed by atoms with Crippen molar-refractivity contribution in [3.63, 3.8) is 0 Å². The summed E-state index contributed by atoms with van der Waals surface area (Å²) in [5.74, 6) is 0.270. The van der Waals surface area contributed by atoms with Gasteiger partial charge in [0.15, 0.2) is 0 Å². The van der Waals surface area contributed by atoms with Crippen molar-refractivity contribution in [1.29, 1.82) is 0 Å². The molecular weight excluding hydrogens is 390 g/mol.